The minimum absolute atomic E-state index is 0.0311. The van der Waals surface area contributed by atoms with Gasteiger partial charge in [-0.2, -0.15) is 0 Å². The van der Waals surface area contributed by atoms with E-state index in [1.807, 2.05) is 26.1 Å². The van der Waals surface area contributed by atoms with Crippen LogP contribution in [0.4, 0.5) is 0 Å². The maximum Gasteiger partial charge on any atom is 0.250 e. The topological polar surface area (TPSA) is 22.0 Å². The Kier molecular flexibility index (Phi) is 2.48. The number of hydrogen-bond acceptors (Lipinski definition) is 1. The number of hydrogen-bond donors (Lipinski definition) is 0. The molecular weight excluding hydrogens is 150 g/mol. The van der Waals surface area contributed by atoms with Crippen LogP contribution in [0.3, 0.4) is 0 Å². The van der Waals surface area contributed by atoms with Crippen LogP contribution in [0.5, 0.6) is 0 Å². The lowest BCUT2D eigenvalue weighted by Gasteiger charge is -2.04. The average molecular weight is 163 g/mol. The zero-order chi connectivity index (χ0) is 9.14. The summed E-state index contributed by atoms with van der Waals surface area (Å²) in [6.45, 7) is 8.25. The number of aromatic nitrogens is 1. The summed E-state index contributed by atoms with van der Waals surface area (Å²) in [5.41, 5.74) is 2.11. The summed E-state index contributed by atoms with van der Waals surface area (Å²) in [7, 11) is 0. The van der Waals surface area contributed by atoms with E-state index in [-0.39, 0.29) is 5.56 Å². The van der Waals surface area contributed by atoms with E-state index in [4.69, 9.17) is 0 Å². The number of pyridine rings is 1. The molecule has 0 bridgehead atoms. The van der Waals surface area contributed by atoms with Gasteiger partial charge in [-0.3, -0.25) is 4.79 Å². The fourth-order valence-electron chi connectivity index (χ4n) is 1.07. The molecule has 0 amide bonds. The third-order valence-corrected chi connectivity index (χ3v) is 1.57. The number of nitrogens with zero attached hydrogens (tertiary/aromatic N) is 1. The van der Waals surface area contributed by atoms with E-state index in [1.165, 1.54) is 0 Å². The lowest BCUT2D eigenvalue weighted by atomic mass is 10.3. The molecule has 1 aromatic heterocycles. The van der Waals surface area contributed by atoms with Gasteiger partial charge in [-0.1, -0.05) is 18.2 Å². The molecule has 64 valence electrons. The van der Waals surface area contributed by atoms with Gasteiger partial charge in [-0.05, 0) is 19.4 Å². The van der Waals surface area contributed by atoms with Crippen molar-refractivity contribution in [3.8, 4) is 0 Å². The molecule has 12 heavy (non-hydrogen) atoms. The molecule has 0 saturated carbocycles. The Labute approximate surface area is 72.2 Å². The summed E-state index contributed by atoms with van der Waals surface area (Å²) in [6.07, 6.45) is 1.84. The van der Waals surface area contributed by atoms with Crippen LogP contribution in [-0.2, 0) is 6.54 Å². The van der Waals surface area contributed by atoms with E-state index in [0.29, 0.717) is 6.54 Å². The van der Waals surface area contributed by atoms with Gasteiger partial charge in [0, 0.05) is 18.8 Å². The number of allylic oxidation sites excluding steroid dienone is 1. The van der Waals surface area contributed by atoms with Crippen LogP contribution in [0.2, 0.25) is 0 Å². The van der Waals surface area contributed by atoms with E-state index >= 15 is 0 Å². The Hall–Kier alpha value is -1.31. The predicted octanol–water partition coefficient (Wildman–Crippen LogP) is 1.73. The highest BCUT2D eigenvalue weighted by Crippen LogP contribution is 1.95. The maximum absolute atomic E-state index is 11.2. The molecule has 0 radical (unpaired) electrons. The molecule has 0 aliphatic rings. The molecule has 0 aromatic carbocycles. The van der Waals surface area contributed by atoms with Crippen molar-refractivity contribution < 1.29 is 0 Å². The Morgan fingerprint density at radius 1 is 1.58 bits per heavy atom. The van der Waals surface area contributed by atoms with Crippen molar-refractivity contribution in [3.63, 3.8) is 0 Å². The second kappa shape index (κ2) is 3.39. The molecule has 0 saturated heterocycles. The van der Waals surface area contributed by atoms with Crippen LogP contribution in [0.1, 0.15) is 12.5 Å². The first-order valence-corrected chi connectivity index (χ1v) is 3.91. The van der Waals surface area contributed by atoms with Crippen molar-refractivity contribution in [1.82, 2.24) is 4.57 Å². The van der Waals surface area contributed by atoms with Crippen LogP contribution in [0.25, 0.3) is 0 Å². The van der Waals surface area contributed by atoms with Gasteiger partial charge in [-0.25, -0.2) is 0 Å². The molecule has 0 aliphatic carbocycles. The fraction of sp³-hybridized carbons (Fsp3) is 0.300. The van der Waals surface area contributed by atoms with Crippen LogP contribution in [-0.4, -0.2) is 4.57 Å². The fourth-order valence-corrected chi connectivity index (χ4v) is 1.07. The highest BCUT2D eigenvalue weighted by Gasteiger charge is 1.94. The monoisotopic (exact) mass is 163 g/mol. The summed E-state index contributed by atoms with van der Waals surface area (Å²) in [5.74, 6) is 0. The van der Waals surface area contributed by atoms with E-state index in [0.717, 1.165) is 11.1 Å². The lowest BCUT2D eigenvalue weighted by Crippen LogP contribution is -2.18. The molecule has 1 heterocycles. The first-order valence-electron chi connectivity index (χ1n) is 3.91. The van der Waals surface area contributed by atoms with Gasteiger partial charge in [0.25, 0.3) is 5.56 Å². The first-order chi connectivity index (χ1) is 5.59. The highest BCUT2D eigenvalue weighted by atomic mass is 16.1. The smallest absolute Gasteiger partial charge is 0.250 e. The quantitative estimate of drug-likeness (QED) is 0.608. The highest BCUT2D eigenvalue weighted by molar-refractivity contribution is 5.08. The predicted molar refractivity (Wildman–Crippen MR) is 50.3 cm³/mol. The summed E-state index contributed by atoms with van der Waals surface area (Å²) in [6, 6.07) is 3.40. The van der Waals surface area contributed by atoms with Crippen LogP contribution >= 0.6 is 0 Å². The van der Waals surface area contributed by atoms with Gasteiger partial charge < -0.3 is 4.57 Å². The second-order valence-corrected chi connectivity index (χ2v) is 3.13. The van der Waals surface area contributed by atoms with Gasteiger partial charge in [-0.15, -0.1) is 0 Å². The zero-order valence-corrected chi connectivity index (χ0v) is 7.50. The summed E-state index contributed by atoms with van der Waals surface area (Å²) >= 11 is 0. The van der Waals surface area contributed by atoms with Crippen LogP contribution in [0.15, 0.2) is 35.3 Å². The Morgan fingerprint density at radius 3 is 2.83 bits per heavy atom. The molecule has 0 fully saturated rings. The van der Waals surface area contributed by atoms with Crippen LogP contribution < -0.4 is 5.56 Å². The number of aryl methyl sites for hydroxylation is 1. The van der Waals surface area contributed by atoms with Crippen molar-refractivity contribution in [2.45, 2.75) is 20.4 Å². The molecule has 0 N–H and O–H groups in total. The Morgan fingerprint density at radius 2 is 2.25 bits per heavy atom. The van der Waals surface area contributed by atoms with Gasteiger partial charge in [0.05, 0.1) is 0 Å². The minimum atomic E-state index is 0.0311. The van der Waals surface area contributed by atoms with Gasteiger partial charge >= 0.3 is 0 Å². The van der Waals surface area contributed by atoms with Crippen LogP contribution in [0, 0.1) is 6.92 Å². The average Bonchev–Trinajstić information content (AvgIpc) is 1.96. The molecule has 2 heteroatoms. The molecule has 0 unspecified atom stereocenters. The summed E-state index contributed by atoms with van der Waals surface area (Å²) in [4.78, 5) is 11.2. The molecule has 1 rings (SSSR count). The largest absolute Gasteiger partial charge is 0.311 e. The third-order valence-electron chi connectivity index (χ3n) is 1.57. The SMILES string of the molecule is C=C(C)Cn1cc(C)ccc1=O. The van der Waals surface area contributed by atoms with Crippen molar-refractivity contribution in [2.75, 3.05) is 0 Å². The normalized spacial score (nSPS) is 9.83. The standard InChI is InChI=1S/C10H13NO/c1-8(2)6-11-7-9(3)4-5-10(11)12/h4-5,7H,1,6H2,2-3H3. The second-order valence-electron chi connectivity index (χ2n) is 3.13. The molecule has 0 spiro atoms. The van der Waals surface area contributed by atoms with Crippen molar-refractivity contribution in [2.24, 2.45) is 0 Å². The molecule has 0 atom stereocenters. The zero-order valence-electron chi connectivity index (χ0n) is 7.50. The van der Waals surface area contributed by atoms with Crippen molar-refractivity contribution in [1.29, 1.82) is 0 Å². The van der Waals surface area contributed by atoms with E-state index < -0.39 is 0 Å². The van der Waals surface area contributed by atoms with E-state index in [9.17, 15) is 4.79 Å². The van der Waals surface area contributed by atoms with Gasteiger partial charge in [0.1, 0.15) is 0 Å². The van der Waals surface area contributed by atoms with Gasteiger partial charge in [0.2, 0.25) is 0 Å². The molecule has 0 aliphatic heterocycles. The number of rotatable bonds is 2. The molecular formula is C10H13NO. The minimum Gasteiger partial charge on any atom is -0.311 e. The van der Waals surface area contributed by atoms with Crippen molar-refractivity contribution >= 4 is 0 Å². The molecule has 2 nitrogen and oxygen atoms in total. The third kappa shape index (κ3) is 2.09. The maximum atomic E-state index is 11.2. The van der Waals surface area contributed by atoms with E-state index in [1.54, 1.807) is 10.6 Å². The Bertz CT molecular complexity index is 349. The van der Waals surface area contributed by atoms with Crippen molar-refractivity contribution in [3.05, 3.63) is 46.4 Å². The lowest BCUT2D eigenvalue weighted by molar-refractivity contribution is 0.744. The van der Waals surface area contributed by atoms with E-state index in [2.05, 4.69) is 6.58 Å². The summed E-state index contributed by atoms with van der Waals surface area (Å²) in [5, 5.41) is 0. The molecule has 1 aromatic rings. The Balaban J connectivity index is 3.06. The first kappa shape index (κ1) is 8.78. The summed E-state index contributed by atoms with van der Waals surface area (Å²) < 4.78 is 1.66. The van der Waals surface area contributed by atoms with Gasteiger partial charge in [0.15, 0.2) is 0 Å².